The fraction of sp³-hybridized carbons (Fsp3) is 0.943. The van der Waals surface area contributed by atoms with Crippen molar-refractivity contribution in [2.45, 2.75) is 181 Å². The number of carbonyl (C=O) groups is 2. The molecule has 0 aromatic rings. The van der Waals surface area contributed by atoms with E-state index in [2.05, 4.69) is 20.8 Å². The van der Waals surface area contributed by atoms with Crippen LogP contribution in [-0.2, 0) is 28.1 Å². The summed E-state index contributed by atoms with van der Waals surface area (Å²) in [4.78, 5) is 34.6. The van der Waals surface area contributed by atoms with Crippen LogP contribution in [0.5, 0.6) is 0 Å². The lowest BCUT2D eigenvalue weighted by Crippen LogP contribution is -2.29. The zero-order chi connectivity index (χ0) is 32.5. The highest BCUT2D eigenvalue weighted by Crippen LogP contribution is 2.32. The van der Waals surface area contributed by atoms with E-state index in [-0.39, 0.29) is 38.3 Å². The third kappa shape index (κ3) is 31.2. The summed E-state index contributed by atoms with van der Waals surface area (Å²) in [5, 5.41) is 0. The minimum absolute atomic E-state index is 0.0973. The molecule has 2 unspecified atom stereocenters. The number of ether oxygens (including phenoxy) is 2. The van der Waals surface area contributed by atoms with Crippen molar-refractivity contribution >= 4 is 20.5 Å². The maximum Gasteiger partial charge on any atom is 0.330 e. The summed E-state index contributed by atoms with van der Waals surface area (Å²) >= 11 is 0. The van der Waals surface area contributed by atoms with E-state index in [9.17, 15) is 14.5 Å². The van der Waals surface area contributed by atoms with E-state index in [4.69, 9.17) is 24.3 Å². The molecule has 3 atom stereocenters. The van der Waals surface area contributed by atoms with Crippen LogP contribution < -0.4 is 5.73 Å². The molecule has 44 heavy (non-hydrogen) atoms. The Morgan fingerprint density at radius 3 is 1.64 bits per heavy atom. The molecule has 0 amide bonds. The van der Waals surface area contributed by atoms with Gasteiger partial charge in [0.05, 0.1) is 13.2 Å². The fourth-order valence-corrected chi connectivity index (χ4v) is 5.70. The topological polar surface area (TPSA) is 117 Å². The largest absolute Gasteiger partial charge is 0.462 e. The third-order valence-electron chi connectivity index (χ3n) is 8.18. The SMILES string of the molecule is CCCCCCCCCCCCCCC(=O)OC[C@@H](COP(O)OCCN)OC(=O)CCCCCCCCCCC(C)CC. The predicted octanol–water partition coefficient (Wildman–Crippen LogP) is 9.69. The molecule has 3 N–H and O–H groups in total. The van der Waals surface area contributed by atoms with Crippen LogP contribution in [0.4, 0.5) is 0 Å². The van der Waals surface area contributed by atoms with Crippen LogP contribution in [0.1, 0.15) is 175 Å². The third-order valence-corrected chi connectivity index (χ3v) is 8.95. The standard InChI is InChI=1S/C35H70NO7P/c1-4-6-7-8-9-10-11-12-13-17-20-23-26-34(37)40-30-33(31-42-44(39)41-29-28-36)43-35(38)27-24-21-18-15-14-16-19-22-25-32(3)5-2/h32-33,39H,4-31,36H2,1-3H3/t32?,33-,44?/m0/s1. The van der Waals surface area contributed by atoms with Gasteiger partial charge < -0.3 is 29.1 Å². The average molecular weight is 648 g/mol. The highest BCUT2D eigenvalue weighted by atomic mass is 31.2. The number of hydrogen-bond acceptors (Lipinski definition) is 8. The van der Waals surface area contributed by atoms with Crippen LogP contribution in [0.25, 0.3) is 0 Å². The summed E-state index contributed by atoms with van der Waals surface area (Å²) in [6.07, 6.45) is 26.6. The van der Waals surface area contributed by atoms with Crippen LogP contribution in [0.3, 0.4) is 0 Å². The molecule has 0 aromatic heterocycles. The summed E-state index contributed by atoms with van der Waals surface area (Å²) in [5.41, 5.74) is 5.39. The number of nitrogens with two attached hydrogens (primary N) is 1. The van der Waals surface area contributed by atoms with Crippen LogP contribution in [0.2, 0.25) is 0 Å². The molecule has 0 rings (SSSR count). The maximum atomic E-state index is 12.5. The van der Waals surface area contributed by atoms with Gasteiger partial charge in [0, 0.05) is 19.4 Å². The molecule has 0 spiro atoms. The Balaban J connectivity index is 4.12. The number of carbonyl (C=O) groups excluding carboxylic acids is 2. The van der Waals surface area contributed by atoms with Crippen molar-refractivity contribution in [3.05, 3.63) is 0 Å². The van der Waals surface area contributed by atoms with Gasteiger partial charge in [-0.2, -0.15) is 0 Å². The first kappa shape index (κ1) is 43.2. The Morgan fingerprint density at radius 2 is 1.14 bits per heavy atom. The first-order chi connectivity index (χ1) is 21.4. The van der Waals surface area contributed by atoms with E-state index in [1.54, 1.807) is 0 Å². The van der Waals surface area contributed by atoms with Crippen molar-refractivity contribution in [1.29, 1.82) is 0 Å². The van der Waals surface area contributed by atoms with Gasteiger partial charge in [0.2, 0.25) is 0 Å². The van der Waals surface area contributed by atoms with Crippen LogP contribution in [0, 0.1) is 5.92 Å². The van der Waals surface area contributed by atoms with Crippen molar-refractivity contribution in [2.24, 2.45) is 11.7 Å². The first-order valence-electron chi connectivity index (χ1n) is 18.2. The number of hydrogen-bond donors (Lipinski definition) is 2. The van der Waals surface area contributed by atoms with Gasteiger partial charge in [-0.15, -0.1) is 0 Å². The molecule has 8 nitrogen and oxygen atoms in total. The summed E-state index contributed by atoms with van der Waals surface area (Å²) in [7, 11) is -2.13. The molecule has 0 aliphatic rings. The van der Waals surface area contributed by atoms with E-state index in [0.29, 0.717) is 12.8 Å². The van der Waals surface area contributed by atoms with Gasteiger partial charge in [-0.3, -0.25) is 9.59 Å². The second-order valence-electron chi connectivity index (χ2n) is 12.5. The monoisotopic (exact) mass is 647 g/mol. The summed E-state index contributed by atoms with van der Waals surface area (Å²) in [6.45, 7) is 7.06. The van der Waals surface area contributed by atoms with Gasteiger partial charge in [0.1, 0.15) is 6.61 Å². The summed E-state index contributed by atoms with van der Waals surface area (Å²) in [5.74, 6) is 0.196. The Hall–Kier alpha value is -0.790. The fourth-order valence-electron chi connectivity index (χ4n) is 5.07. The molecular formula is C35H70NO7P. The van der Waals surface area contributed by atoms with E-state index in [1.807, 2.05) is 0 Å². The second kappa shape index (κ2) is 33.6. The average Bonchev–Trinajstić information content (AvgIpc) is 3.02. The molecular weight excluding hydrogens is 577 g/mol. The van der Waals surface area contributed by atoms with Gasteiger partial charge in [0.25, 0.3) is 0 Å². The quantitative estimate of drug-likeness (QED) is 0.0403. The molecule has 0 aliphatic heterocycles. The number of esters is 2. The highest BCUT2D eigenvalue weighted by molar-refractivity contribution is 7.40. The molecule has 0 aliphatic carbocycles. The van der Waals surface area contributed by atoms with Crippen molar-refractivity contribution in [2.75, 3.05) is 26.4 Å². The lowest BCUT2D eigenvalue weighted by atomic mass is 9.99. The Morgan fingerprint density at radius 1 is 0.659 bits per heavy atom. The van der Waals surface area contributed by atoms with Gasteiger partial charge in [-0.1, -0.05) is 149 Å². The smallest absolute Gasteiger partial charge is 0.330 e. The molecule has 9 heteroatoms. The number of unbranched alkanes of at least 4 members (excludes halogenated alkanes) is 18. The zero-order valence-electron chi connectivity index (χ0n) is 28.9. The molecule has 0 bridgehead atoms. The van der Waals surface area contributed by atoms with Gasteiger partial charge in [-0.25, -0.2) is 0 Å². The van der Waals surface area contributed by atoms with Crippen molar-refractivity contribution in [3.8, 4) is 0 Å². The van der Waals surface area contributed by atoms with E-state index in [1.165, 1.54) is 103 Å². The van der Waals surface area contributed by atoms with E-state index in [0.717, 1.165) is 44.4 Å². The Labute approximate surface area is 272 Å². The van der Waals surface area contributed by atoms with Crippen molar-refractivity contribution in [3.63, 3.8) is 0 Å². The van der Waals surface area contributed by atoms with Gasteiger partial charge in [0.15, 0.2) is 6.10 Å². The second-order valence-corrected chi connectivity index (χ2v) is 13.5. The minimum Gasteiger partial charge on any atom is -0.462 e. The van der Waals surface area contributed by atoms with Gasteiger partial charge in [-0.05, 0) is 18.8 Å². The van der Waals surface area contributed by atoms with Crippen molar-refractivity contribution < 1.29 is 33.0 Å². The molecule has 0 fully saturated rings. The molecule has 0 saturated heterocycles. The van der Waals surface area contributed by atoms with Crippen LogP contribution in [0.15, 0.2) is 0 Å². The van der Waals surface area contributed by atoms with Crippen molar-refractivity contribution in [1.82, 2.24) is 0 Å². The maximum absolute atomic E-state index is 12.5. The first-order valence-corrected chi connectivity index (χ1v) is 19.4. The lowest BCUT2D eigenvalue weighted by Gasteiger charge is -2.19. The molecule has 262 valence electrons. The van der Waals surface area contributed by atoms with E-state index < -0.39 is 14.7 Å². The lowest BCUT2D eigenvalue weighted by molar-refractivity contribution is -0.161. The minimum atomic E-state index is -2.13. The zero-order valence-corrected chi connectivity index (χ0v) is 29.8. The van der Waals surface area contributed by atoms with Crippen LogP contribution in [-0.4, -0.2) is 49.3 Å². The summed E-state index contributed by atoms with van der Waals surface area (Å²) in [6, 6.07) is 0. The Kier molecular flexibility index (Phi) is 33.0. The molecule has 0 radical (unpaired) electrons. The molecule has 0 aromatic carbocycles. The van der Waals surface area contributed by atoms with Crippen LogP contribution >= 0.6 is 8.60 Å². The molecule has 0 heterocycles. The van der Waals surface area contributed by atoms with Gasteiger partial charge >= 0.3 is 20.5 Å². The normalized spacial score (nSPS) is 13.5. The molecule has 0 saturated carbocycles. The highest BCUT2D eigenvalue weighted by Gasteiger charge is 2.20. The number of rotatable bonds is 34. The Bertz CT molecular complexity index is 640. The summed E-state index contributed by atoms with van der Waals surface area (Å²) < 4.78 is 21.3. The predicted molar refractivity (Wildman–Crippen MR) is 182 cm³/mol. The van der Waals surface area contributed by atoms with E-state index >= 15 is 0 Å².